The highest BCUT2D eigenvalue weighted by molar-refractivity contribution is 7.99. The van der Waals surface area contributed by atoms with Crippen LogP contribution in [0.15, 0.2) is 34.8 Å². The van der Waals surface area contributed by atoms with Crippen LogP contribution in [0.4, 0.5) is 0 Å². The molecule has 1 amide bonds. The molecular formula is C17H19N5O2S2. The second kappa shape index (κ2) is 8.33. The Labute approximate surface area is 159 Å². The first-order valence-corrected chi connectivity index (χ1v) is 9.81. The second-order valence-electron chi connectivity index (χ2n) is 5.64. The van der Waals surface area contributed by atoms with E-state index in [1.54, 1.807) is 23.1 Å². The van der Waals surface area contributed by atoms with Crippen molar-refractivity contribution in [1.29, 1.82) is 0 Å². The lowest BCUT2D eigenvalue weighted by Crippen LogP contribution is -2.24. The molecule has 0 spiro atoms. The fraction of sp³-hybridized carbons (Fsp3) is 0.294. The van der Waals surface area contributed by atoms with E-state index in [0.29, 0.717) is 17.5 Å². The molecule has 0 atom stereocenters. The van der Waals surface area contributed by atoms with Crippen molar-refractivity contribution in [1.82, 2.24) is 25.5 Å². The minimum absolute atomic E-state index is 0.0615. The smallest absolute Gasteiger partial charge is 0.230 e. The minimum atomic E-state index is -0.0615. The lowest BCUT2D eigenvalue weighted by molar-refractivity contribution is -0.118. The number of aryl methyl sites for hydroxylation is 2. The highest BCUT2D eigenvalue weighted by Crippen LogP contribution is 2.26. The number of aromatic nitrogens is 4. The van der Waals surface area contributed by atoms with E-state index in [4.69, 9.17) is 4.74 Å². The number of amides is 1. The normalized spacial score (nSPS) is 10.7. The number of methoxy groups -OCH3 is 1. The molecule has 7 nitrogen and oxygen atoms in total. The Kier molecular flexibility index (Phi) is 5.89. The Balaban J connectivity index is 1.65. The van der Waals surface area contributed by atoms with Crippen molar-refractivity contribution in [3.8, 4) is 11.4 Å². The molecule has 0 aliphatic carbocycles. The summed E-state index contributed by atoms with van der Waals surface area (Å²) in [6.07, 6.45) is 0. The molecule has 3 rings (SSSR count). The standard InChI is InChI=1S/C17H19N5O2S2/c1-11-4-5-14(24-3)13(8-11)22-17(19-20-21-22)26-10-16(23)18-9-15-12(2)6-7-25-15/h4-8H,9-10H2,1-3H3,(H,18,23). The summed E-state index contributed by atoms with van der Waals surface area (Å²) in [5, 5.41) is 17.3. The Hall–Kier alpha value is -2.39. The van der Waals surface area contributed by atoms with Crippen LogP contribution in [0.5, 0.6) is 5.75 Å². The van der Waals surface area contributed by atoms with Gasteiger partial charge in [-0.1, -0.05) is 17.8 Å². The maximum Gasteiger partial charge on any atom is 0.230 e. The highest BCUT2D eigenvalue weighted by atomic mass is 32.2. The number of carbonyl (C=O) groups excluding carboxylic acids is 1. The Morgan fingerprint density at radius 1 is 1.35 bits per heavy atom. The average Bonchev–Trinajstić information content (AvgIpc) is 3.26. The molecule has 136 valence electrons. The van der Waals surface area contributed by atoms with Crippen molar-refractivity contribution >= 4 is 29.0 Å². The second-order valence-corrected chi connectivity index (χ2v) is 7.58. The average molecular weight is 390 g/mol. The number of hydrogen-bond donors (Lipinski definition) is 1. The Morgan fingerprint density at radius 3 is 2.92 bits per heavy atom. The molecule has 0 saturated carbocycles. The molecule has 1 aromatic carbocycles. The van der Waals surface area contributed by atoms with Crippen LogP contribution in [0.3, 0.4) is 0 Å². The molecule has 9 heteroatoms. The molecule has 0 aliphatic rings. The minimum Gasteiger partial charge on any atom is -0.494 e. The number of rotatable bonds is 7. The maximum atomic E-state index is 12.1. The van der Waals surface area contributed by atoms with Crippen molar-refractivity contribution < 1.29 is 9.53 Å². The summed E-state index contributed by atoms with van der Waals surface area (Å²) in [5.41, 5.74) is 3.00. The third-order valence-electron chi connectivity index (χ3n) is 3.75. The van der Waals surface area contributed by atoms with Crippen LogP contribution in [-0.4, -0.2) is 39.0 Å². The van der Waals surface area contributed by atoms with Crippen molar-refractivity contribution in [3.63, 3.8) is 0 Å². The van der Waals surface area contributed by atoms with Crippen molar-refractivity contribution in [2.24, 2.45) is 0 Å². The lowest BCUT2D eigenvalue weighted by atomic mass is 10.2. The van der Waals surface area contributed by atoms with Gasteiger partial charge in [0.15, 0.2) is 0 Å². The van der Waals surface area contributed by atoms with Crippen molar-refractivity contribution in [3.05, 3.63) is 45.6 Å². The van der Waals surface area contributed by atoms with Gasteiger partial charge < -0.3 is 10.1 Å². The predicted molar refractivity (Wildman–Crippen MR) is 102 cm³/mol. The van der Waals surface area contributed by atoms with Crippen molar-refractivity contribution in [2.75, 3.05) is 12.9 Å². The van der Waals surface area contributed by atoms with E-state index in [-0.39, 0.29) is 11.7 Å². The number of thioether (sulfide) groups is 1. The Bertz CT molecular complexity index is 906. The van der Waals surface area contributed by atoms with E-state index in [9.17, 15) is 4.79 Å². The first kappa shape index (κ1) is 18.4. The number of carbonyl (C=O) groups is 1. The molecule has 0 unspecified atom stereocenters. The lowest BCUT2D eigenvalue weighted by Gasteiger charge is -2.10. The molecule has 0 radical (unpaired) electrons. The number of hydrogen-bond acceptors (Lipinski definition) is 7. The van der Waals surface area contributed by atoms with Crippen LogP contribution in [0.2, 0.25) is 0 Å². The van der Waals surface area contributed by atoms with Gasteiger partial charge in [-0.2, -0.15) is 4.68 Å². The van der Waals surface area contributed by atoms with Crippen LogP contribution in [-0.2, 0) is 11.3 Å². The third-order valence-corrected chi connectivity index (χ3v) is 5.69. The van der Waals surface area contributed by atoms with Crippen LogP contribution < -0.4 is 10.1 Å². The largest absolute Gasteiger partial charge is 0.494 e. The number of benzene rings is 1. The van der Waals surface area contributed by atoms with Gasteiger partial charge in [-0.05, 0) is 59.0 Å². The first-order chi connectivity index (χ1) is 12.6. The highest BCUT2D eigenvalue weighted by Gasteiger charge is 2.15. The van der Waals surface area contributed by atoms with E-state index in [2.05, 4.69) is 20.8 Å². The van der Waals surface area contributed by atoms with Crippen LogP contribution in [0.25, 0.3) is 5.69 Å². The van der Waals surface area contributed by atoms with Gasteiger partial charge in [0.05, 0.1) is 19.4 Å². The molecule has 2 heterocycles. The molecule has 3 aromatic rings. The summed E-state index contributed by atoms with van der Waals surface area (Å²) in [6, 6.07) is 7.82. The molecular weight excluding hydrogens is 370 g/mol. The summed E-state index contributed by atoms with van der Waals surface area (Å²) in [6.45, 7) is 4.57. The quantitative estimate of drug-likeness (QED) is 0.626. The fourth-order valence-corrected chi connectivity index (χ4v) is 3.89. The monoisotopic (exact) mass is 389 g/mol. The van der Waals surface area contributed by atoms with Gasteiger partial charge in [-0.15, -0.1) is 16.4 Å². The molecule has 26 heavy (non-hydrogen) atoms. The topological polar surface area (TPSA) is 81.9 Å². The predicted octanol–water partition coefficient (Wildman–Crippen LogP) is 2.76. The van der Waals surface area contributed by atoms with Gasteiger partial charge >= 0.3 is 0 Å². The van der Waals surface area contributed by atoms with Gasteiger partial charge in [0.25, 0.3) is 0 Å². The number of tetrazole rings is 1. The molecule has 0 bridgehead atoms. The Morgan fingerprint density at radius 2 is 2.19 bits per heavy atom. The third kappa shape index (κ3) is 4.23. The number of nitrogens with zero attached hydrogens (tertiary/aromatic N) is 4. The van der Waals surface area contributed by atoms with Gasteiger partial charge in [0.1, 0.15) is 11.4 Å². The van der Waals surface area contributed by atoms with Gasteiger partial charge in [0.2, 0.25) is 11.1 Å². The molecule has 0 saturated heterocycles. The van der Waals surface area contributed by atoms with E-state index < -0.39 is 0 Å². The fourth-order valence-electron chi connectivity index (χ4n) is 2.33. The van der Waals surface area contributed by atoms with Gasteiger partial charge in [0, 0.05) is 4.88 Å². The first-order valence-electron chi connectivity index (χ1n) is 7.94. The SMILES string of the molecule is COc1ccc(C)cc1-n1nnnc1SCC(=O)NCc1sccc1C. The van der Waals surface area contributed by atoms with Gasteiger partial charge in [-0.3, -0.25) is 4.79 Å². The summed E-state index contributed by atoms with van der Waals surface area (Å²) in [5.74, 6) is 0.842. The van der Waals surface area contributed by atoms with E-state index in [1.165, 1.54) is 17.3 Å². The number of thiophene rings is 1. The molecule has 0 aliphatic heterocycles. The van der Waals surface area contributed by atoms with Crippen LogP contribution in [0.1, 0.15) is 16.0 Å². The zero-order valence-electron chi connectivity index (χ0n) is 14.7. The summed E-state index contributed by atoms with van der Waals surface area (Å²) >= 11 is 2.93. The molecule has 1 N–H and O–H groups in total. The molecule has 2 aromatic heterocycles. The van der Waals surface area contributed by atoms with E-state index in [1.807, 2.05) is 43.5 Å². The van der Waals surface area contributed by atoms with Crippen molar-refractivity contribution in [2.45, 2.75) is 25.5 Å². The molecule has 0 fully saturated rings. The van der Waals surface area contributed by atoms with Crippen LogP contribution in [0, 0.1) is 13.8 Å². The zero-order valence-corrected chi connectivity index (χ0v) is 16.4. The number of nitrogens with one attached hydrogen (secondary N) is 1. The van der Waals surface area contributed by atoms with Crippen LogP contribution >= 0.6 is 23.1 Å². The summed E-state index contributed by atoms with van der Waals surface area (Å²) < 4.78 is 6.98. The van der Waals surface area contributed by atoms with E-state index >= 15 is 0 Å². The maximum absolute atomic E-state index is 12.1. The summed E-state index contributed by atoms with van der Waals surface area (Å²) in [4.78, 5) is 13.3. The zero-order chi connectivity index (χ0) is 18.5. The van der Waals surface area contributed by atoms with Gasteiger partial charge in [-0.25, -0.2) is 0 Å². The van der Waals surface area contributed by atoms with E-state index in [0.717, 1.165) is 16.1 Å². The summed E-state index contributed by atoms with van der Waals surface area (Å²) in [7, 11) is 1.60. The number of ether oxygens (including phenoxy) is 1.